The van der Waals surface area contributed by atoms with Crippen LogP contribution in [-0.4, -0.2) is 6.04 Å². The second kappa shape index (κ2) is 11.7. The van der Waals surface area contributed by atoms with Gasteiger partial charge in [0.2, 0.25) is 0 Å². The van der Waals surface area contributed by atoms with Gasteiger partial charge in [-0.1, -0.05) is 115 Å². The van der Waals surface area contributed by atoms with Crippen molar-refractivity contribution in [2.24, 2.45) is 0 Å². The Bertz CT molecular complexity index is 2340. The average molecular weight is 629 g/mol. The lowest BCUT2D eigenvalue weighted by Gasteiger charge is -2.35. The molecule has 0 saturated heterocycles. The number of nitriles is 2. The van der Waals surface area contributed by atoms with Crippen molar-refractivity contribution in [3.63, 3.8) is 0 Å². The van der Waals surface area contributed by atoms with Gasteiger partial charge in [0.15, 0.2) is 0 Å². The van der Waals surface area contributed by atoms with Crippen molar-refractivity contribution in [3.05, 3.63) is 185 Å². The van der Waals surface area contributed by atoms with Gasteiger partial charge in [-0.2, -0.15) is 10.5 Å². The van der Waals surface area contributed by atoms with Gasteiger partial charge in [0.25, 0.3) is 0 Å². The lowest BCUT2D eigenvalue weighted by molar-refractivity contribution is 0.745. The highest BCUT2D eigenvalue weighted by atomic mass is 15.2. The molecule has 2 heterocycles. The zero-order chi connectivity index (χ0) is 32.9. The third-order valence-electron chi connectivity index (χ3n) is 10.5. The molecule has 232 valence electrons. The van der Waals surface area contributed by atoms with E-state index < -0.39 is 0 Å². The second-order valence-corrected chi connectivity index (χ2v) is 13.1. The summed E-state index contributed by atoms with van der Waals surface area (Å²) >= 11 is 0. The Morgan fingerprint density at radius 1 is 0.633 bits per heavy atom. The fourth-order valence-corrected chi connectivity index (χ4v) is 8.12. The minimum absolute atomic E-state index is 0.0615. The molecular weight excluding hydrogens is 597 g/mol. The van der Waals surface area contributed by atoms with E-state index in [1.807, 2.05) is 12.1 Å². The van der Waals surface area contributed by atoms with E-state index in [2.05, 4.69) is 162 Å². The molecule has 49 heavy (non-hydrogen) atoms. The summed E-state index contributed by atoms with van der Waals surface area (Å²) in [5.74, 6) is 0.426. The van der Waals surface area contributed by atoms with Crippen molar-refractivity contribution in [3.8, 4) is 23.3 Å². The molecule has 4 aliphatic rings. The van der Waals surface area contributed by atoms with Crippen LogP contribution in [0.25, 0.3) is 16.7 Å². The van der Waals surface area contributed by atoms with Crippen LogP contribution >= 0.6 is 0 Å². The van der Waals surface area contributed by atoms with Gasteiger partial charge >= 0.3 is 0 Å². The molecule has 4 nitrogen and oxygen atoms in total. The summed E-state index contributed by atoms with van der Waals surface area (Å²) in [6, 6.07) is 43.4. The molecule has 0 fully saturated rings. The lowest BCUT2D eigenvalue weighted by Crippen LogP contribution is -2.28. The predicted octanol–water partition coefficient (Wildman–Crippen LogP) is 10.6. The topological polar surface area (TPSA) is 54.1 Å². The first-order valence-electron chi connectivity index (χ1n) is 16.9. The van der Waals surface area contributed by atoms with E-state index in [4.69, 9.17) is 0 Å². The van der Waals surface area contributed by atoms with Crippen LogP contribution < -0.4 is 9.80 Å². The maximum absolute atomic E-state index is 10.0. The zero-order valence-corrected chi connectivity index (χ0v) is 26.9. The highest BCUT2D eigenvalue weighted by molar-refractivity contribution is 5.89. The monoisotopic (exact) mass is 628 g/mol. The van der Waals surface area contributed by atoms with E-state index in [1.54, 1.807) is 0 Å². The molecule has 2 aliphatic heterocycles. The summed E-state index contributed by atoms with van der Waals surface area (Å²) in [5.41, 5.74) is 13.8. The van der Waals surface area contributed by atoms with E-state index in [0.717, 1.165) is 23.4 Å². The molecule has 0 N–H and O–H groups in total. The molecule has 5 aromatic rings. The first-order chi connectivity index (χ1) is 24.2. The number of allylic oxidation sites excluding steroid dienone is 6. The van der Waals surface area contributed by atoms with E-state index >= 15 is 0 Å². The molecule has 2 aliphatic carbocycles. The number of rotatable bonds is 4. The Morgan fingerprint density at radius 3 is 2.14 bits per heavy atom. The molecule has 0 radical (unpaired) electrons. The summed E-state index contributed by atoms with van der Waals surface area (Å²) < 4.78 is 0. The van der Waals surface area contributed by atoms with Crippen LogP contribution in [0.5, 0.6) is 0 Å². The molecule has 0 bridgehead atoms. The largest absolute Gasteiger partial charge is 0.336 e. The zero-order valence-electron chi connectivity index (χ0n) is 26.9. The first kappa shape index (κ1) is 28.8. The molecule has 3 atom stereocenters. The Hall–Kier alpha value is -6.36. The standard InChI is InChI=1S/C45H32N4/c46-27-34-25-41(45(26-35(34)28-47)48-29-33-9-1-2-10-37(33)38-11-3-6-14-42(38)48)32-19-17-30(18-20-32)31-21-23-36(24-22-31)49-43-15-7-4-12-39(43)40-13-5-8-16-44(40)49/h1-19,21-26,32,39,43H,20,29H2. The summed E-state index contributed by atoms with van der Waals surface area (Å²) in [4.78, 5) is 4.78. The van der Waals surface area contributed by atoms with Crippen LogP contribution in [0.15, 0.2) is 152 Å². The third-order valence-corrected chi connectivity index (χ3v) is 10.5. The van der Waals surface area contributed by atoms with Gasteiger partial charge in [-0.15, -0.1) is 0 Å². The van der Waals surface area contributed by atoms with Crippen molar-refractivity contribution in [2.45, 2.75) is 30.8 Å². The Balaban J connectivity index is 1.03. The fourth-order valence-electron chi connectivity index (χ4n) is 8.12. The number of nitrogens with zero attached hydrogens (tertiary/aromatic N) is 4. The Morgan fingerprint density at radius 2 is 1.35 bits per heavy atom. The lowest BCUT2D eigenvalue weighted by atomic mass is 9.84. The van der Waals surface area contributed by atoms with Crippen LogP contribution in [0.1, 0.15) is 51.6 Å². The molecule has 5 aromatic carbocycles. The second-order valence-electron chi connectivity index (χ2n) is 13.1. The number of hydrogen-bond donors (Lipinski definition) is 0. The highest BCUT2D eigenvalue weighted by Gasteiger charge is 2.37. The Kier molecular flexibility index (Phi) is 6.89. The number of hydrogen-bond acceptors (Lipinski definition) is 4. The molecule has 3 unspecified atom stereocenters. The van der Waals surface area contributed by atoms with Gasteiger partial charge in [-0.3, -0.25) is 0 Å². The van der Waals surface area contributed by atoms with Gasteiger partial charge in [0.1, 0.15) is 12.1 Å². The van der Waals surface area contributed by atoms with Gasteiger partial charge in [0, 0.05) is 46.7 Å². The van der Waals surface area contributed by atoms with Crippen molar-refractivity contribution >= 4 is 28.3 Å². The average Bonchev–Trinajstić information content (AvgIpc) is 3.51. The van der Waals surface area contributed by atoms with E-state index in [9.17, 15) is 10.5 Å². The maximum atomic E-state index is 10.0. The van der Waals surface area contributed by atoms with Gasteiger partial charge < -0.3 is 9.80 Å². The maximum Gasteiger partial charge on any atom is 0.101 e. The third kappa shape index (κ3) is 4.73. The molecule has 0 saturated carbocycles. The van der Waals surface area contributed by atoms with Crippen molar-refractivity contribution < 1.29 is 0 Å². The highest BCUT2D eigenvalue weighted by Crippen LogP contribution is 2.49. The predicted molar refractivity (Wildman–Crippen MR) is 198 cm³/mol. The summed E-state index contributed by atoms with van der Waals surface area (Å²) in [6.45, 7) is 0.690. The first-order valence-corrected chi connectivity index (χ1v) is 16.9. The minimum atomic E-state index is 0.0615. The van der Waals surface area contributed by atoms with E-state index in [-0.39, 0.29) is 12.0 Å². The molecule has 9 rings (SSSR count). The Labute approximate surface area is 287 Å². The number of fused-ring (bicyclic) bond motifs is 6. The van der Waals surface area contributed by atoms with Gasteiger partial charge in [-0.05, 0) is 76.2 Å². The van der Waals surface area contributed by atoms with Crippen LogP contribution in [0.2, 0.25) is 0 Å². The van der Waals surface area contributed by atoms with Crippen LogP contribution in [-0.2, 0) is 6.54 Å². The van der Waals surface area contributed by atoms with Crippen LogP contribution in [0.4, 0.5) is 22.7 Å². The van der Waals surface area contributed by atoms with Crippen molar-refractivity contribution in [2.75, 3.05) is 9.80 Å². The van der Waals surface area contributed by atoms with Gasteiger partial charge in [-0.25, -0.2) is 0 Å². The molecule has 0 spiro atoms. The normalized spacial score (nSPS) is 19.6. The minimum Gasteiger partial charge on any atom is -0.336 e. The molecular formula is C45H32N4. The number of anilines is 4. The van der Waals surface area contributed by atoms with Crippen molar-refractivity contribution in [1.29, 1.82) is 10.5 Å². The molecule has 4 heteroatoms. The van der Waals surface area contributed by atoms with E-state index in [1.165, 1.54) is 44.8 Å². The quantitative estimate of drug-likeness (QED) is 0.199. The number of para-hydroxylation sites is 2. The van der Waals surface area contributed by atoms with Crippen molar-refractivity contribution in [1.82, 2.24) is 0 Å². The van der Waals surface area contributed by atoms with E-state index in [0.29, 0.717) is 23.6 Å². The summed E-state index contributed by atoms with van der Waals surface area (Å²) in [7, 11) is 0. The number of benzene rings is 5. The van der Waals surface area contributed by atoms with Gasteiger partial charge in [0.05, 0.1) is 17.2 Å². The molecule has 0 aromatic heterocycles. The summed E-state index contributed by atoms with van der Waals surface area (Å²) in [5, 5.41) is 20.0. The van der Waals surface area contributed by atoms with Crippen LogP contribution in [0.3, 0.4) is 0 Å². The van der Waals surface area contributed by atoms with Crippen LogP contribution in [0, 0.1) is 22.7 Å². The smallest absolute Gasteiger partial charge is 0.101 e. The molecule has 0 amide bonds. The summed E-state index contributed by atoms with van der Waals surface area (Å²) in [6.07, 6.45) is 16.5. The SMILES string of the molecule is N#Cc1cc(C2C=CC(c3ccc(N4c5ccccc5C5C=CC=CC54)cc3)=CC2)c(N2Cc3ccccc3-c3ccccc32)cc1C#N. The fraction of sp³-hybridized carbons (Fsp3) is 0.111.